The Hall–Kier alpha value is -4.45. The lowest BCUT2D eigenvalue weighted by atomic mass is 9.90. The van der Waals surface area contributed by atoms with Crippen molar-refractivity contribution in [1.29, 1.82) is 0 Å². The minimum atomic E-state index is -4.56. The summed E-state index contributed by atoms with van der Waals surface area (Å²) in [4.78, 5) is 25.7. The number of pyridine rings is 1. The monoisotopic (exact) mass is 614 g/mol. The van der Waals surface area contributed by atoms with Gasteiger partial charge in [0.1, 0.15) is 12.1 Å². The van der Waals surface area contributed by atoms with Crippen molar-refractivity contribution in [2.75, 3.05) is 4.90 Å². The van der Waals surface area contributed by atoms with E-state index in [0.29, 0.717) is 11.1 Å². The van der Waals surface area contributed by atoms with Gasteiger partial charge in [-0.05, 0) is 60.5 Å². The fraction of sp³-hybridized carbons (Fsp3) is 0.281. The molecule has 1 amide bonds. The number of amides is 1. The molecule has 4 unspecified atom stereocenters. The average Bonchev–Trinajstić information content (AvgIpc) is 2.99. The maximum atomic E-state index is 13.8. The van der Waals surface area contributed by atoms with Crippen molar-refractivity contribution >= 4 is 17.4 Å². The topological polar surface area (TPSA) is 69.0 Å². The molecule has 0 spiro atoms. The summed E-state index contributed by atoms with van der Waals surface area (Å²) >= 11 is 0. The van der Waals surface area contributed by atoms with Crippen LogP contribution in [0, 0.1) is 5.92 Å². The predicted octanol–water partition coefficient (Wildman–Crippen LogP) is 6.43. The van der Waals surface area contributed by atoms with E-state index < -0.39 is 53.6 Å². The Morgan fingerprint density at radius 3 is 2.11 bits per heavy atom. The maximum Gasteiger partial charge on any atom is 0.416 e. The molecule has 1 aliphatic carbocycles. The van der Waals surface area contributed by atoms with E-state index in [1.54, 1.807) is 55.8 Å². The van der Waals surface area contributed by atoms with Gasteiger partial charge in [-0.15, -0.1) is 0 Å². The fourth-order valence-corrected chi connectivity index (χ4v) is 5.30. The van der Waals surface area contributed by atoms with Gasteiger partial charge in [0, 0.05) is 30.5 Å². The molecule has 2 aliphatic rings. The first-order chi connectivity index (χ1) is 20.8. The van der Waals surface area contributed by atoms with Crippen molar-refractivity contribution in [3.63, 3.8) is 0 Å². The number of amidine groups is 1. The summed E-state index contributed by atoms with van der Waals surface area (Å²) in [7, 11) is 0. The molecule has 0 radical (unpaired) electrons. The third-order valence-electron chi connectivity index (χ3n) is 7.63. The zero-order chi connectivity index (χ0) is 31.6. The second kappa shape index (κ2) is 12.3. The molecule has 2 heterocycles. The first-order valence-electron chi connectivity index (χ1n) is 13.7. The predicted molar refractivity (Wildman–Crippen MR) is 152 cm³/mol. The number of alkyl halides is 6. The molecule has 0 saturated heterocycles. The summed E-state index contributed by atoms with van der Waals surface area (Å²) in [5, 5.41) is 11.5. The largest absolute Gasteiger partial charge is 0.416 e. The van der Waals surface area contributed by atoms with Gasteiger partial charge in [-0.3, -0.25) is 14.8 Å². The molecule has 2 aromatic carbocycles. The maximum absolute atomic E-state index is 13.8. The number of anilines is 1. The highest BCUT2D eigenvalue weighted by molar-refractivity contribution is 6.04. The third-order valence-corrected chi connectivity index (χ3v) is 7.63. The number of benzene rings is 2. The van der Waals surface area contributed by atoms with Gasteiger partial charge in [0.25, 0.3) is 0 Å². The Bertz CT molecular complexity index is 1550. The van der Waals surface area contributed by atoms with E-state index in [1.165, 1.54) is 34.1 Å². The van der Waals surface area contributed by atoms with Crippen LogP contribution in [-0.4, -0.2) is 45.0 Å². The SMILES string of the molecule is CC(C1=NC2C=CC=CC2C(O)N1c1ccc(C(F)(F)F)cc1)N(Cc1cccnc1)C(=O)Cc1ccc(C(F)(F)F)cc1. The van der Waals surface area contributed by atoms with Crippen molar-refractivity contribution in [3.8, 4) is 0 Å². The minimum Gasteiger partial charge on any atom is -0.372 e. The smallest absolute Gasteiger partial charge is 0.372 e. The lowest BCUT2D eigenvalue weighted by Crippen LogP contribution is -2.58. The average molecular weight is 615 g/mol. The molecule has 6 nitrogen and oxygen atoms in total. The molecule has 3 aromatic rings. The van der Waals surface area contributed by atoms with Crippen LogP contribution in [0.4, 0.5) is 32.0 Å². The summed E-state index contributed by atoms with van der Waals surface area (Å²) in [5.74, 6) is -0.706. The summed E-state index contributed by atoms with van der Waals surface area (Å²) in [6.45, 7) is 1.74. The van der Waals surface area contributed by atoms with Crippen LogP contribution >= 0.6 is 0 Å². The number of halogens is 6. The summed E-state index contributed by atoms with van der Waals surface area (Å²) < 4.78 is 79.2. The van der Waals surface area contributed by atoms with Crippen LogP contribution < -0.4 is 4.90 Å². The highest BCUT2D eigenvalue weighted by atomic mass is 19.4. The summed E-state index contributed by atoms with van der Waals surface area (Å²) in [6, 6.07) is 10.8. The molecule has 1 N–H and O–H groups in total. The zero-order valence-corrected chi connectivity index (χ0v) is 23.4. The van der Waals surface area contributed by atoms with Crippen molar-refractivity contribution < 1.29 is 36.2 Å². The van der Waals surface area contributed by atoms with Gasteiger partial charge in [0.05, 0.1) is 29.6 Å². The Morgan fingerprint density at radius 1 is 0.909 bits per heavy atom. The molecule has 12 heteroatoms. The number of aliphatic imine (C=N–C) groups is 1. The zero-order valence-electron chi connectivity index (χ0n) is 23.4. The molecule has 0 bridgehead atoms. The Balaban J connectivity index is 1.52. The van der Waals surface area contributed by atoms with Crippen LogP contribution in [0.2, 0.25) is 0 Å². The number of aromatic nitrogens is 1. The number of nitrogens with zero attached hydrogens (tertiary/aromatic N) is 4. The highest BCUT2D eigenvalue weighted by Gasteiger charge is 2.41. The molecular formula is C32H28F6N4O2. The van der Waals surface area contributed by atoms with Crippen LogP contribution in [0.5, 0.6) is 0 Å². The van der Waals surface area contributed by atoms with E-state index in [0.717, 1.165) is 24.3 Å². The number of hydrogen-bond acceptors (Lipinski definition) is 5. The van der Waals surface area contributed by atoms with Crippen LogP contribution in [0.25, 0.3) is 0 Å². The van der Waals surface area contributed by atoms with Crippen molar-refractivity contribution in [2.24, 2.45) is 10.9 Å². The number of carbonyl (C=O) groups excluding carboxylic acids is 1. The first kappa shape index (κ1) is 31.0. The van der Waals surface area contributed by atoms with Crippen LogP contribution in [0.1, 0.15) is 29.2 Å². The normalized spacial score (nSPS) is 20.6. The van der Waals surface area contributed by atoms with Crippen LogP contribution in [-0.2, 0) is 30.1 Å². The summed E-state index contributed by atoms with van der Waals surface area (Å²) in [5.41, 5.74) is -0.429. The van der Waals surface area contributed by atoms with Gasteiger partial charge in [0.15, 0.2) is 0 Å². The highest BCUT2D eigenvalue weighted by Crippen LogP contribution is 2.36. The fourth-order valence-electron chi connectivity index (χ4n) is 5.30. The van der Waals surface area contributed by atoms with E-state index in [-0.39, 0.29) is 24.5 Å². The molecule has 5 rings (SSSR count). The number of hydrogen-bond donors (Lipinski definition) is 1. The quantitative estimate of drug-likeness (QED) is 0.312. The van der Waals surface area contributed by atoms with E-state index in [9.17, 15) is 36.2 Å². The van der Waals surface area contributed by atoms with Crippen molar-refractivity contribution in [3.05, 3.63) is 120 Å². The molecule has 4 atom stereocenters. The summed E-state index contributed by atoms with van der Waals surface area (Å²) in [6.07, 6.45) is -0.313. The lowest BCUT2D eigenvalue weighted by Gasteiger charge is -2.45. The van der Waals surface area contributed by atoms with Gasteiger partial charge in [0.2, 0.25) is 5.91 Å². The number of allylic oxidation sites excluding steroid dienone is 2. The standard InChI is InChI=1S/C32H28F6N4O2/c1-20(41(19-22-5-4-16-39-18-22)28(43)17-21-8-10-23(11-9-21)31(33,34)35)29-40-27-7-3-2-6-26(27)30(44)42(29)25-14-12-24(13-15-25)32(36,37)38/h2-16,18,20,26-27,30,44H,17,19H2,1H3. The minimum absolute atomic E-state index is 0.0499. The second-order valence-corrected chi connectivity index (χ2v) is 10.6. The van der Waals surface area contributed by atoms with E-state index >= 15 is 0 Å². The Labute approximate surface area is 249 Å². The van der Waals surface area contributed by atoms with E-state index in [4.69, 9.17) is 4.99 Å². The Morgan fingerprint density at radius 2 is 1.52 bits per heavy atom. The van der Waals surface area contributed by atoms with Gasteiger partial charge in [-0.25, -0.2) is 0 Å². The van der Waals surface area contributed by atoms with Crippen LogP contribution in [0.3, 0.4) is 0 Å². The van der Waals surface area contributed by atoms with E-state index in [1.807, 2.05) is 0 Å². The molecule has 0 saturated carbocycles. The Kier molecular flexibility index (Phi) is 8.64. The number of fused-ring (bicyclic) bond motifs is 1. The molecular weight excluding hydrogens is 586 g/mol. The van der Waals surface area contributed by atoms with Crippen molar-refractivity contribution in [1.82, 2.24) is 9.88 Å². The number of rotatable bonds is 7. The second-order valence-electron chi connectivity index (χ2n) is 10.6. The van der Waals surface area contributed by atoms with Gasteiger partial charge in [-0.1, -0.05) is 42.5 Å². The molecule has 1 aromatic heterocycles. The van der Waals surface area contributed by atoms with Crippen molar-refractivity contribution in [2.45, 2.75) is 50.6 Å². The molecule has 230 valence electrons. The molecule has 1 aliphatic heterocycles. The third kappa shape index (κ3) is 6.70. The molecule has 44 heavy (non-hydrogen) atoms. The molecule has 0 fully saturated rings. The number of aliphatic hydroxyl groups excluding tert-OH is 1. The van der Waals surface area contributed by atoms with Gasteiger partial charge in [-0.2, -0.15) is 26.3 Å². The number of aliphatic hydroxyl groups is 1. The lowest BCUT2D eigenvalue weighted by molar-refractivity contribution is -0.138. The van der Waals surface area contributed by atoms with Gasteiger partial charge < -0.3 is 14.9 Å². The van der Waals surface area contributed by atoms with Gasteiger partial charge >= 0.3 is 12.4 Å². The van der Waals surface area contributed by atoms with Crippen LogP contribution in [0.15, 0.2) is 102 Å². The number of carbonyl (C=O) groups is 1. The van der Waals surface area contributed by atoms with E-state index in [2.05, 4.69) is 4.98 Å². The first-order valence-corrected chi connectivity index (χ1v) is 13.7.